The Morgan fingerprint density at radius 2 is 1.90 bits per heavy atom. The average Bonchev–Trinajstić information content (AvgIpc) is 2.50. The van der Waals surface area contributed by atoms with Gasteiger partial charge in [-0.15, -0.1) is 0 Å². The monoisotopic (exact) mass is 309 g/mol. The van der Waals surface area contributed by atoms with Gasteiger partial charge in [0.15, 0.2) is 0 Å². The van der Waals surface area contributed by atoms with Crippen molar-refractivity contribution in [2.75, 3.05) is 19.5 Å². The second kappa shape index (κ2) is 6.45. The summed E-state index contributed by atoms with van der Waals surface area (Å²) in [6, 6.07) is 8.81. The number of halogens is 2. The zero-order valence-corrected chi connectivity index (χ0v) is 12.2. The van der Waals surface area contributed by atoms with Crippen LogP contribution in [0.2, 0.25) is 5.02 Å². The molecule has 6 heteroatoms. The summed E-state index contributed by atoms with van der Waals surface area (Å²) in [4.78, 5) is 12.3. The number of carbonyl (C=O) groups is 1. The molecule has 110 valence electrons. The molecule has 0 saturated carbocycles. The van der Waals surface area contributed by atoms with E-state index in [-0.39, 0.29) is 5.02 Å². The number of hydrogen-bond donors (Lipinski definition) is 1. The number of ether oxygens (including phenoxy) is 2. The minimum absolute atomic E-state index is 0.0644. The SMILES string of the molecule is COc1ccc(OC)c(C(=O)Nc2ccc(F)c(Cl)c2)c1. The maximum atomic E-state index is 13.1. The molecule has 4 nitrogen and oxygen atoms in total. The molecule has 0 aromatic heterocycles. The third kappa shape index (κ3) is 3.44. The first-order chi connectivity index (χ1) is 10.0. The van der Waals surface area contributed by atoms with E-state index < -0.39 is 11.7 Å². The smallest absolute Gasteiger partial charge is 0.259 e. The normalized spacial score (nSPS) is 10.1. The molecule has 0 bridgehead atoms. The Morgan fingerprint density at radius 3 is 2.52 bits per heavy atom. The third-order valence-corrected chi connectivity index (χ3v) is 3.12. The minimum atomic E-state index is -0.548. The number of nitrogens with one attached hydrogen (secondary N) is 1. The first-order valence-electron chi connectivity index (χ1n) is 6.03. The van der Waals surface area contributed by atoms with E-state index in [2.05, 4.69) is 5.32 Å². The lowest BCUT2D eigenvalue weighted by Gasteiger charge is -2.11. The van der Waals surface area contributed by atoms with Gasteiger partial charge in [0, 0.05) is 5.69 Å². The molecule has 0 heterocycles. The van der Waals surface area contributed by atoms with E-state index in [1.807, 2.05) is 0 Å². The molecule has 2 aromatic rings. The van der Waals surface area contributed by atoms with Crippen LogP contribution in [0.1, 0.15) is 10.4 Å². The van der Waals surface area contributed by atoms with Crippen molar-refractivity contribution in [3.8, 4) is 11.5 Å². The topological polar surface area (TPSA) is 47.6 Å². The molecule has 0 unspecified atom stereocenters. The van der Waals surface area contributed by atoms with Crippen LogP contribution in [0, 0.1) is 5.82 Å². The molecular formula is C15H13ClFNO3. The summed E-state index contributed by atoms with van der Waals surface area (Å²) < 4.78 is 23.3. The lowest BCUT2D eigenvalue weighted by atomic mass is 10.1. The molecule has 1 N–H and O–H groups in total. The minimum Gasteiger partial charge on any atom is -0.497 e. The van der Waals surface area contributed by atoms with E-state index in [1.54, 1.807) is 18.2 Å². The van der Waals surface area contributed by atoms with Gasteiger partial charge < -0.3 is 14.8 Å². The maximum Gasteiger partial charge on any atom is 0.259 e. The Labute approximate surface area is 126 Å². The summed E-state index contributed by atoms with van der Waals surface area (Å²) >= 11 is 5.68. The fraction of sp³-hybridized carbons (Fsp3) is 0.133. The van der Waals surface area contributed by atoms with Crippen LogP contribution in [0.3, 0.4) is 0 Å². The first kappa shape index (κ1) is 15.1. The number of hydrogen-bond acceptors (Lipinski definition) is 3. The summed E-state index contributed by atoms with van der Waals surface area (Å²) in [6.45, 7) is 0. The van der Waals surface area contributed by atoms with Gasteiger partial charge in [-0.3, -0.25) is 4.79 Å². The predicted molar refractivity (Wildman–Crippen MR) is 78.9 cm³/mol. The maximum absolute atomic E-state index is 13.1. The summed E-state index contributed by atoms with van der Waals surface area (Å²) in [5.74, 6) is -0.0263. The molecule has 0 aliphatic heterocycles. The van der Waals surface area contributed by atoms with Crippen LogP contribution in [0.5, 0.6) is 11.5 Å². The second-order valence-corrected chi connectivity index (χ2v) is 4.56. The second-order valence-electron chi connectivity index (χ2n) is 4.15. The fourth-order valence-electron chi connectivity index (χ4n) is 1.76. The van der Waals surface area contributed by atoms with Gasteiger partial charge >= 0.3 is 0 Å². The van der Waals surface area contributed by atoms with E-state index in [4.69, 9.17) is 21.1 Å². The molecule has 0 atom stereocenters. The van der Waals surface area contributed by atoms with Gasteiger partial charge in [-0.05, 0) is 36.4 Å². The van der Waals surface area contributed by atoms with Crippen molar-refractivity contribution < 1.29 is 18.7 Å². The lowest BCUT2D eigenvalue weighted by molar-refractivity contribution is 0.102. The van der Waals surface area contributed by atoms with E-state index in [9.17, 15) is 9.18 Å². The molecule has 0 fully saturated rings. The Hall–Kier alpha value is -2.27. The predicted octanol–water partition coefficient (Wildman–Crippen LogP) is 3.75. The summed E-state index contributed by atoms with van der Waals surface area (Å²) in [5.41, 5.74) is 0.688. The molecule has 0 aliphatic rings. The van der Waals surface area contributed by atoms with Crippen LogP contribution in [0.15, 0.2) is 36.4 Å². The van der Waals surface area contributed by atoms with Crippen molar-refractivity contribution in [2.45, 2.75) is 0 Å². The van der Waals surface area contributed by atoms with Gasteiger partial charge in [0.05, 0.1) is 24.8 Å². The van der Waals surface area contributed by atoms with Gasteiger partial charge in [0.2, 0.25) is 0 Å². The highest BCUT2D eigenvalue weighted by molar-refractivity contribution is 6.31. The van der Waals surface area contributed by atoms with Crippen LogP contribution in [-0.4, -0.2) is 20.1 Å². The van der Waals surface area contributed by atoms with Crippen molar-refractivity contribution in [1.29, 1.82) is 0 Å². The van der Waals surface area contributed by atoms with Crippen LogP contribution in [0.25, 0.3) is 0 Å². The summed E-state index contributed by atoms with van der Waals surface area (Å²) in [7, 11) is 2.97. The van der Waals surface area contributed by atoms with Gasteiger partial charge in [0.1, 0.15) is 17.3 Å². The number of anilines is 1. The molecule has 21 heavy (non-hydrogen) atoms. The molecule has 0 radical (unpaired) electrons. The molecule has 0 saturated heterocycles. The Morgan fingerprint density at radius 1 is 1.14 bits per heavy atom. The molecule has 2 rings (SSSR count). The number of rotatable bonds is 4. The van der Waals surface area contributed by atoms with Crippen LogP contribution < -0.4 is 14.8 Å². The average molecular weight is 310 g/mol. The number of methoxy groups -OCH3 is 2. The van der Waals surface area contributed by atoms with Gasteiger partial charge in [0.25, 0.3) is 5.91 Å². The van der Waals surface area contributed by atoms with Crippen LogP contribution >= 0.6 is 11.6 Å². The number of amides is 1. The van der Waals surface area contributed by atoms with Gasteiger partial charge in [-0.25, -0.2) is 4.39 Å². The highest BCUT2D eigenvalue weighted by Crippen LogP contribution is 2.26. The summed E-state index contributed by atoms with van der Waals surface area (Å²) in [5, 5.41) is 2.56. The standard InChI is InChI=1S/C15H13ClFNO3/c1-20-10-4-6-14(21-2)11(8-10)15(19)18-9-3-5-13(17)12(16)7-9/h3-8H,1-2H3,(H,18,19). The lowest BCUT2D eigenvalue weighted by Crippen LogP contribution is -2.13. The van der Waals surface area contributed by atoms with Crippen molar-refractivity contribution in [1.82, 2.24) is 0 Å². The van der Waals surface area contributed by atoms with Crippen molar-refractivity contribution in [2.24, 2.45) is 0 Å². The zero-order chi connectivity index (χ0) is 15.4. The Kier molecular flexibility index (Phi) is 4.65. The number of benzene rings is 2. The van der Waals surface area contributed by atoms with Crippen molar-refractivity contribution in [3.05, 3.63) is 52.8 Å². The number of carbonyl (C=O) groups excluding carboxylic acids is 1. The molecular weight excluding hydrogens is 297 g/mol. The van der Waals surface area contributed by atoms with Crippen molar-refractivity contribution in [3.63, 3.8) is 0 Å². The molecule has 0 spiro atoms. The third-order valence-electron chi connectivity index (χ3n) is 2.83. The fourth-order valence-corrected chi connectivity index (χ4v) is 1.94. The highest BCUT2D eigenvalue weighted by atomic mass is 35.5. The van der Waals surface area contributed by atoms with Crippen LogP contribution in [0.4, 0.5) is 10.1 Å². The van der Waals surface area contributed by atoms with Crippen LogP contribution in [-0.2, 0) is 0 Å². The zero-order valence-electron chi connectivity index (χ0n) is 11.4. The van der Waals surface area contributed by atoms with E-state index >= 15 is 0 Å². The molecule has 0 aliphatic carbocycles. The quantitative estimate of drug-likeness (QED) is 0.935. The first-order valence-corrected chi connectivity index (χ1v) is 6.41. The Balaban J connectivity index is 2.28. The molecule has 2 aromatic carbocycles. The highest BCUT2D eigenvalue weighted by Gasteiger charge is 2.14. The van der Waals surface area contributed by atoms with E-state index in [0.29, 0.717) is 22.7 Å². The van der Waals surface area contributed by atoms with Gasteiger partial charge in [-0.2, -0.15) is 0 Å². The Bertz CT molecular complexity index is 676. The van der Waals surface area contributed by atoms with Crippen molar-refractivity contribution >= 4 is 23.2 Å². The summed E-state index contributed by atoms with van der Waals surface area (Å²) in [6.07, 6.45) is 0. The van der Waals surface area contributed by atoms with E-state index in [1.165, 1.54) is 32.4 Å². The molecule has 1 amide bonds. The van der Waals surface area contributed by atoms with Gasteiger partial charge in [-0.1, -0.05) is 11.6 Å². The largest absolute Gasteiger partial charge is 0.497 e. The van der Waals surface area contributed by atoms with E-state index in [0.717, 1.165) is 0 Å².